The summed E-state index contributed by atoms with van der Waals surface area (Å²) in [5, 5.41) is 3.53. The second-order valence-electron chi connectivity index (χ2n) is 4.90. The van der Waals surface area contributed by atoms with E-state index in [9.17, 15) is 0 Å². The summed E-state index contributed by atoms with van der Waals surface area (Å²) < 4.78 is 0. The lowest BCUT2D eigenvalue weighted by Crippen LogP contribution is -2.40. The first-order valence-electron chi connectivity index (χ1n) is 5.49. The summed E-state index contributed by atoms with van der Waals surface area (Å²) in [6, 6.07) is 0. The molecule has 1 N–H and O–H groups in total. The van der Waals surface area contributed by atoms with Crippen LogP contribution in [0.5, 0.6) is 0 Å². The van der Waals surface area contributed by atoms with E-state index in [1.165, 1.54) is 32.4 Å². The Bertz CT molecular complexity index is 139. The third kappa shape index (κ3) is 1.66. The van der Waals surface area contributed by atoms with Crippen LogP contribution in [0, 0.1) is 23.7 Å². The average molecular weight is 167 g/mol. The van der Waals surface area contributed by atoms with Gasteiger partial charge in [0.2, 0.25) is 0 Å². The maximum absolute atomic E-state index is 3.53. The van der Waals surface area contributed by atoms with Crippen LogP contribution < -0.4 is 5.32 Å². The fourth-order valence-corrected chi connectivity index (χ4v) is 2.74. The van der Waals surface area contributed by atoms with Crippen molar-refractivity contribution in [1.29, 1.82) is 0 Å². The molecule has 2 unspecified atom stereocenters. The topological polar surface area (TPSA) is 12.0 Å². The van der Waals surface area contributed by atoms with E-state index in [1.54, 1.807) is 0 Å². The van der Waals surface area contributed by atoms with Gasteiger partial charge in [-0.05, 0) is 56.0 Å². The Morgan fingerprint density at radius 2 is 1.92 bits per heavy atom. The molecule has 0 aromatic heterocycles. The van der Waals surface area contributed by atoms with E-state index in [-0.39, 0.29) is 0 Å². The van der Waals surface area contributed by atoms with Crippen molar-refractivity contribution in [3.05, 3.63) is 0 Å². The molecule has 1 heterocycles. The predicted molar refractivity (Wildman–Crippen MR) is 52.0 cm³/mol. The molecule has 0 aromatic rings. The molecule has 1 saturated carbocycles. The molecule has 0 spiro atoms. The first-order valence-corrected chi connectivity index (χ1v) is 5.49. The van der Waals surface area contributed by atoms with E-state index in [0.717, 1.165) is 23.7 Å². The van der Waals surface area contributed by atoms with Crippen molar-refractivity contribution in [3.63, 3.8) is 0 Å². The monoisotopic (exact) mass is 167 g/mol. The van der Waals surface area contributed by atoms with Crippen molar-refractivity contribution in [2.45, 2.75) is 33.1 Å². The lowest BCUT2D eigenvalue weighted by molar-refractivity contribution is 0.174. The van der Waals surface area contributed by atoms with E-state index in [1.807, 2.05) is 0 Å². The van der Waals surface area contributed by atoms with Gasteiger partial charge in [0.25, 0.3) is 0 Å². The molecular formula is C11H21N. The Morgan fingerprint density at radius 1 is 1.17 bits per heavy atom. The molecule has 2 rings (SSSR count). The quantitative estimate of drug-likeness (QED) is 0.665. The summed E-state index contributed by atoms with van der Waals surface area (Å²) in [6.07, 6.45) is 4.48. The standard InChI is InChI=1S/C11H21N/c1-8(2)11-7-12-6-5-10(11)9-3-4-9/h8-12H,3-7H2,1-2H3. The molecule has 1 saturated heterocycles. The van der Waals surface area contributed by atoms with Crippen molar-refractivity contribution in [1.82, 2.24) is 5.32 Å². The lowest BCUT2D eigenvalue weighted by atomic mass is 9.76. The van der Waals surface area contributed by atoms with Gasteiger partial charge in [-0.2, -0.15) is 0 Å². The lowest BCUT2D eigenvalue weighted by Gasteiger charge is -2.35. The number of nitrogens with one attached hydrogen (secondary N) is 1. The van der Waals surface area contributed by atoms with Gasteiger partial charge in [-0.1, -0.05) is 13.8 Å². The van der Waals surface area contributed by atoms with Crippen molar-refractivity contribution < 1.29 is 0 Å². The van der Waals surface area contributed by atoms with Crippen LogP contribution in [0.25, 0.3) is 0 Å². The third-order valence-corrected chi connectivity index (χ3v) is 3.67. The molecule has 2 atom stereocenters. The van der Waals surface area contributed by atoms with E-state index in [4.69, 9.17) is 0 Å². The number of hydrogen-bond donors (Lipinski definition) is 1. The Morgan fingerprint density at radius 3 is 2.50 bits per heavy atom. The minimum Gasteiger partial charge on any atom is -0.316 e. The molecule has 2 fully saturated rings. The highest BCUT2D eigenvalue weighted by Gasteiger charge is 2.38. The fraction of sp³-hybridized carbons (Fsp3) is 1.00. The van der Waals surface area contributed by atoms with Gasteiger partial charge in [0.05, 0.1) is 0 Å². The SMILES string of the molecule is CC(C)C1CNCCC1C1CC1. The van der Waals surface area contributed by atoms with Crippen LogP contribution in [0.15, 0.2) is 0 Å². The van der Waals surface area contributed by atoms with Crippen LogP contribution in [0.4, 0.5) is 0 Å². The normalized spacial score (nSPS) is 37.2. The fourth-order valence-electron chi connectivity index (χ4n) is 2.74. The summed E-state index contributed by atoms with van der Waals surface area (Å²) in [5.41, 5.74) is 0. The van der Waals surface area contributed by atoms with Gasteiger partial charge in [-0.3, -0.25) is 0 Å². The summed E-state index contributed by atoms with van der Waals surface area (Å²) >= 11 is 0. The summed E-state index contributed by atoms with van der Waals surface area (Å²) in [6.45, 7) is 7.31. The zero-order chi connectivity index (χ0) is 8.55. The zero-order valence-electron chi connectivity index (χ0n) is 8.34. The van der Waals surface area contributed by atoms with E-state index in [0.29, 0.717) is 0 Å². The van der Waals surface area contributed by atoms with Gasteiger partial charge >= 0.3 is 0 Å². The molecule has 1 aliphatic heterocycles. The van der Waals surface area contributed by atoms with Crippen LogP contribution in [0.1, 0.15) is 33.1 Å². The highest BCUT2D eigenvalue weighted by atomic mass is 14.9. The molecule has 0 aromatic carbocycles. The molecule has 0 radical (unpaired) electrons. The predicted octanol–water partition coefficient (Wildman–Crippen LogP) is 2.28. The first kappa shape index (κ1) is 8.55. The van der Waals surface area contributed by atoms with Crippen LogP contribution >= 0.6 is 0 Å². The molecular weight excluding hydrogens is 146 g/mol. The van der Waals surface area contributed by atoms with E-state index in [2.05, 4.69) is 19.2 Å². The van der Waals surface area contributed by atoms with E-state index < -0.39 is 0 Å². The number of rotatable bonds is 2. The Balaban J connectivity index is 1.96. The highest BCUT2D eigenvalue weighted by Crippen LogP contribution is 2.44. The number of piperidine rings is 1. The second kappa shape index (κ2) is 3.37. The smallest absolute Gasteiger partial charge is 0.00153 e. The van der Waals surface area contributed by atoms with Gasteiger partial charge in [0.15, 0.2) is 0 Å². The molecule has 2 aliphatic rings. The van der Waals surface area contributed by atoms with Crippen molar-refractivity contribution in [3.8, 4) is 0 Å². The van der Waals surface area contributed by atoms with Gasteiger partial charge in [0.1, 0.15) is 0 Å². The maximum Gasteiger partial charge on any atom is -0.00153 e. The summed E-state index contributed by atoms with van der Waals surface area (Å²) in [5.74, 6) is 4.01. The highest BCUT2D eigenvalue weighted by molar-refractivity contribution is 4.90. The zero-order valence-corrected chi connectivity index (χ0v) is 8.34. The third-order valence-electron chi connectivity index (χ3n) is 3.67. The average Bonchev–Trinajstić information content (AvgIpc) is 2.87. The van der Waals surface area contributed by atoms with Crippen LogP contribution in [0.3, 0.4) is 0 Å². The largest absolute Gasteiger partial charge is 0.316 e. The van der Waals surface area contributed by atoms with Gasteiger partial charge in [0, 0.05) is 0 Å². The second-order valence-corrected chi connectivity index (χ2v) is 4.90. The van der Waals surface area contributed by atoms with Gasteiger partial charge < -0.3 is 5.32 Å². The minimum absolute atomic E-state index is 0.878. The Kier molecular flexibility index (Phi) is 2.40. The molecule has 1 aliphatic carbocycles. The first-order chi connectivity index (χ1) is 5.79. The molecule has 70 valence electrons. The van der Waals surface area contributed by atoms with Gasteiger partial charge in [-0.15, -0.1) is 0 Å². The van der Waals surface area contributed by atoms with Crippen molar-refractivity contribution >= 4 is 0 Å². The summed E-state index contributed by atoms with van der Waals surface area (Å²) in [7, 11) is 0. The maximum atomic E-state index is 3.53. The van der Waals surface area contributed by atoms with Crippen LogP contribution in [0.2, 0.25) is 0 Å². The Labute approximate surface area is 75.9 Å². The molecule has 1 heteroatoms. The van der Waals surface area contributed by atoms with Crippen molar-refractivity contribution in [2.75, 3.05) is 13.1 Å². The Hall–Kier alpha value is -0.0400. The number of hydrogen-bond acceptors (Lipinski definition) is 1. The summed E-state index contributed by atoms with van der Waals surface area (Å²) in [4.78, 5) is 0. The molecule has 0 amide bonds. The molecule has 0 bridgehead atoms. The van der Waals surface area contributed by atoms with Crippen LogP contribution in [-0.4, -0.2) is 13.1 Å². The van der Waals surface area contributed by atoms with Gasteiger partial charge in [-0.25, -0.2) is 0 Å². The molecule has 12 heavy (non-hydrogen) atoms. The molecule has 1 nitrogen and oxygen atoms in total. The van der Waals surface area contributed by atoms with Crippen molar-refractivity contribution in [2.24, 2.45) is 23.7 Å². The minimum atomic E-state index is 0.878. The van der Waals surface area contributed by atoms with E-state index >= 15 is 0 Å². The van der Waals surface area contributed by atoms with Crippen LogP contribution in [-0.2, 0) is 0 Å².